The van der Waals surface area contributed by atoms with Gasteiger partial charge in [0.05, 0.1) is 11.4 Å². The summed E-state index contributed by atoms with van der Waals surface area (Å²) in [6, 6.07) is 12.6. The van der Waals surface area contributed by atoms with Gasteiger partial charge in [-0.3, -0.25) is 15.8 Å². The molecular formula is C19H22N7O2S-. The molecule has 0 saturated heterocycles. The summed E-state index contributed by atoms with van der Waals surface area (Å²) in [7, 11) is -2.23. The van der Waals surface area contributed by atoms with Crippen LogP contribution in [0.2, 0.25) is 0 Å². The Bertz CT molecular complexity index is 1020. The summed E-state index contributed by atoms with van der Waals surface area (Å²) in [5, 5.41) is 3.30. The van der Waals surface area contributed by atoms with E-state index in [1.807, 2.05) is 18.2 Å². The Hall–Kier alpha value is -3.24. The molecule has 0 unspecified atom stereocenters. The lowest BCUT2D eigenvalue weighted by Crippen LogP contribution is -2.17. The molecule has 10 heteroatoms. The van der Waals surface area contributed by atoms with Crippen molar-refractivity contribution in [1.29, 1.82) is 0 Å². The maximum Gasteiger partial charge on any atom is 0.225 e. The summed E-state index contributed by atoms with van der Waals surface area (Å²) in [6.45, 7) is 4.16. The molecule has 0 aliphatic heterocycles. The van der Waals surface area contributed by atoms with Crippen LogP contribution in [0.4, 0.5) is 23.1 Å². The Morgan fingerprint density at radius 3 is 2.48 bits per heavy atom. The van der Waals surface area contributed by atoms with Gasteiger partial charge in [0, 0.05) is 35.8 Å². The normalized spacial score (nSPS) is 12.9. The molecule has 9 nitrogen and oxygen atoms in total. The van der Waals surface area contributed by atoms with Crippen molar-refractivity contribution in [3.05, 3.63) is 54.9 Å². The second-order valence-corrected chi connectivity index (χ2v) is 6.91. The van der Waals surface area contributed by atoms with Crippen molar-refractivity contribution in [1.82, 2.24) is 15.0 Å². The van der Waals surface area contributed by atoms with E-state index in [4.69, 9.17) is 4.55 Å². The Morgan fingerprint density at radius 2 is 1.83 bits per heavy atom. The van der Waals surface area contributed by atoms with Crippen molar-refractivity contribution in [3.63, 3.8) is 0 Å². The first-order chi connectivity index (χ1) is 14.0. The highest BCUT2D eigenvalue weighted by Crippen LogP contribution is 2.22. The van der Waals surface area contributed by atoms with Gasteiger partial charge in [-0.1, -0.05) is 17.8 Å². The molecule has 0 aliphatic carbocycles. The highest BCUT2D eigenvalue weighted by atomic mass is 32.2. The lowest BCUT2D eigenvalue weighted by atomic mass is 10.2. The molecule has 0 bridgehead atoms. The first-order valence-corrected chi connectivity index (χ1v) is 10.1. The van der Waals surface area contributed by atoms with Gasteiger partial charge in [-0.25, -0.2) is 4.98 Å². The topological polar surface area (TPSA) is 124 Å². The van der Waals surface area contributed by atoms with E-state index in [0.29, 0.717) is 17.5 Å². The summed E-state index contributed by atoms with van der Waals surface area (Å²) >= 11 is 0. The zero-order chi connectivity index (χ0) is 20.6. The minimum absolute atomic E-state index is 0.233. The lowest BCUT2D eigenvalue weighted by Gasteiger charge is -2.15. The van der Waals surface area contributed by atoms with Crippen molar-refractivity contribution < 1.29 is 8.76 Å². The number of hydrogen-bond acceptors (Lipinski definition) is 9. The monoisotopic (exact) mass is 412 g/mol. The quantitative estimate of drug-likeness (QED) is 0.243. The molecule has 0 spiro atoms. The van der Waals surface area contributed by atoms with Gasteiger partial charge in [-0.15, -0.1) is 0 Å². The Kier molecular flexibility index (Phi) is 6.93. The van der Waals surface area contributed by atoms with E-state index in [1.54, 1.807) is 36.7 Å². The van der Waals surface area contributed by atoms with Gasteiger partial charge in [0.15, 0.2) is 5.82 Å². The van der Waals surface area contributed by atoms with Crippen LogP contribution in [0, 0.1) is 0 Å². The number of aromatic nitrogens is 3. The second-order valence-electron chi connectivity index (χ2n) is 6.27. The predicted octanol–water partition coefficient (Wildman–Crippen LogP) is 4.44. The summed E-state index contributed by atoms with van der Waals surface area (Å²) in [4.78, 5) is 13.2. The average molecular weight is 412 g/mol. The molecule has 1 aromatic carbocycles. The SMILES string of the molecule is CC[C@H](C)Nc1nc(NNc2ccc(N=[S-](=O)O)cc2)cc(-c2ccncc2)n1. The zero-order valence-corrected chi connectivity index (χ0v) is 16.8. The molecule has 0 radical (unpaired) electrons. The molecule has 152 valence electrons. The number of hydrazine groups is 1. The summed E-state index contributed by atoms with van der Waals surface area (Å²) in [5.74, 6) is 1.11. The van der Waals surface area contributed by atoms with Gasteiger partial charge < -0.3 is 18.4 Å². The molecule has 3 rings (SSSR count). The number of rotatable bonds is 8. The smallest absolute Gasteiger partial charge is 0.225 e. The maximum absolute atomic E-state index is 10.7. The lowest BCUT2D eigenvalue weighted by molar-refractivity contribution is 0.529. The Balaban J connectivity index is 1.81. The summed E-state index contributed by atoms with van der Waals surface area (Å²) < 4.78 is 23.1. The van der Waals surface area contributed by atoms with Crippen LogP contribution in [0.3, 0.4) is 0 Å². The number of pyridine rings is 1. The molecule has 4 N–H and O–H groups in total. The van der Waals surface area contributed by atoms with Crippen LogP contribution < -0.4 is 16.2 Å². The molecule has 2 aromatic heterocycles. The van der Waals surface area contributed by atoms with Crippen molar-refractivity contribution in [2.45, 2.75) is 26.3 Å². The van der Waals surface area contributed by atoms with E-state index >= 15 is 0 Å². The summed E-state index contributed by atoms with van der Waals surface area (Å²) in [5.41, 5.74) is 8.97. The number of benzene rings is 1. The first kappa shape index (κ1) is 20.5. The number of nitrogens with one attached hydrogen (secondary N) is 3. The minimum atomic E-state index is -2.23. The van der Waals surface area contributed by atoms with Gasteiger partial charge in [-0.2, -0.15) is 4.98 Å². The average Bonchev–Trinajstić information content (AvgIpc) is 2.73. The van der Waals surface area contributed by atoms with E-state index in [0.717, 1.165) is 23.4 Å². The minimum Gasteiger partial charge on any atom is -0.454 e. The maximum atomic E-state index is 10.7. The Morgan fingerprint density at radius 1 is 1.10 bits per heavy atom. The van der Waals surface area contributed by atoms with Crippen LogP contribution in [0.15, 0.2) is 59.2 Å². The molecule has 3 aromatic rings. The third-order valence-corrected chi connectivity index (χ3v) is 4.44. The number of nitrogens with zero attached hydrogens (tertiary/aromatic N) is 4. The third-order valence-electron chi connectivity index (χ3n) is 4.08. The van der Waals surface area contributed by atoms with E-state index in [2.05, 4.69) is 49.3 Å². The van der Waals surface area contributed by atoms with Crippen molar-refractivity contribution in [2.75, 3.05) is 16.2 Å². The summed E-state index contributed by atoms with van der Waals surface area (Å²) in [6.07, 6.45) is 4.38. The van der Waals surface area contributed by atoms with E-state index in [1.165, 1.54) is 0 Å². The predicted molar refractivity (Wildman–Crippen MR) is 115 cm³/mol. The van der Waals surface area contributed by atoms with Crippen LogP contribution in [0.1, 0.15) is 20.3 Å². The molecule has 0 saturated carbocycles. The zero-order valence-electron chi connectivity index (χ0n) is 16.0. The number of anilines is 3. The van der Waals surface area contributed by atoms with Gasteiger partial charge in [0.1, 0.15) is 0 Å². The fourth-order valence-electron chi connectivity index (χ4n) is 2.40. The molecule has 1 atom stereocenters. The fraction of sp³-hybridized carbons (Fsp3) is 0.211. The largest absolute Gasteiger partial charge is 0.454 e. The van der Waals surface area contributed by atoms with Gasteiger partial charge in [0.25, 0.3) is 0 Å². The van der Waals surface area contributed by atoms with Gasteiger partial charge in [0.2, 0.25) is 5.95 Å². The molecule has 2 heterocycles. The van der Waals surface area contributed by atoms with Gasteiger partial charge >= 0.3 is 0 Å². The van der Waals surface area contributed by atoms with Crippen molar-refractivity contribution in [2.24, 2.45) is 4.36 Å². The molecule has 0 amide bonds. The standard InChI is InChI=1S/C19H22N7O2S/c1-3-13(2)21-19-22-17(14-8-10-20-11-9-14)12-18(23-19)25-24-15-4-6-16(7-5-15)26-29(27)28/h4-13,24H,3H2,1-2H3,(H,26,27,28)(H2,21,22,23,25)/q-1/t13-/m0/s1. The molecular weight excluding hydrogens is 390 g/mol. The van der Waals surface area contributed by atoms with Crippen molar-refractivity contribution in [3.8, 4) is 11.3 Å². The molecule has 0 fully saturated rings. The van der Waals surface area contributed by atoms with E-state index < -0.39 is 10.9 Å². The van der Waals surface area contributed by atoms with Crippen LogP contribution in [-0.4, -0.2) is 25.5 Å². The number of hydrogen-bond donors (Lipinski definition) is 4. The molecule has 29 heavy (non-hydrogen) atoms. The van der Waals surface area contributed by atoms with Crippen LogP contribution in [-0.2, 0) is 15.1 Å². The molecule has 0 aliphatic rings. The van der Waals surface area contributed by atoms with Crippen LogP contribution in [0.5, 0.6) is 0 Å². The van der Waals surface area contributed by atoms with Crippen molar-refractivity contribution >= 4 is 34.0 Å². The fourth-order valence-corrected chi connectivity index (χ4v) is 2.70. The Labute approximate surface area is 171 Å². The van der Waals surface area contributed by atoms with E-state index in [9.17, 15) is 4.21 Å². The first-order valence-electron chi connectivity index (χ1n) is 9.04. The third kappa shape index (κ3) is 6.13. The van der Waals surface area contributed by atoms with Crippen LogP contribution in [0.25, 0.3) is 11.3 Å². The highest BCUT2D eigenvalue weighted by molar-refractivity contribution is 7.68. The highest BCUT2D eigenvalue weighted by Gasteiger charge is 2.09. The van der Waals surface area contributed by atoms with E-state index in [-0.39, 0.29) is 6.04 Å². The second kappa shape index (κ2) is 9.80. The van der Waals surface area contributed by atoms with Gasteiger partial charge in [-0.05, 0) is 49.7 Å². The van der Waals surface area contributed by atoms with Crippen LogP contribution >= 0.6 is 0 Å².